The van der Waals surface area contributed by atoms with Crippen LogP contribution in [0, 0.1) is 0 Å². The van der Waals surface area contributed by atoms with Crippen LogP contribution < -0.4 is 5.73 Å². The van der Waals surface area contributed by atoms with Crippen molar-refractivity contribution in [2.45, 2.75) is 109 Å². The maximum absolute atomic E-state index is 12.6. The van der Waals surface area contributed by atoms with E-state index in [4.69, 9.17) is 5.73 Å². The van der Waals surface area contributed by atoms with Crippen molar-refractivity contribution >= 4 is 5.91 Å². The number of piperidine rings is 1. The zero-order chi connectivity index (χ0) is 19.2. The zero-order valence-electron chi connectivity index (χ0n) is 17.8. The highest BCUT2D eigenvalue weighted by molar-refractivity contribution is 5.76. The Morgan fingerprint density at radius 3 is 2.00 bits per heavy atom. The molecule has 0 aromatic heterocycles. The fourth-order valence-corrected chi connectivity index (χ4v) is 4.82. The second kappa shape index (κ2) is 14.4. The minimum atomic E-state index is 0.361. The highest BCUT2D eigenvalue weighted by Gasteiger charge is 2.21. The van der Waals surface area contributed by atoms with Gasteiger partial charge >= 0.3 is 0 Å². The normalized spacial score (nSPS) is 26.2. The molecule has 0 aromatic rings. The van der Waals surface area contributed by atoms with Gasteiger partial charge < -0.3 is 15.5 Å². The smallest absolute Gasteiger partial charge is 0.222 e. The molecule has 0 bridgehead atoms. The molecule has 1 amide bonds. The van der Waals surface area contributed by atoms with E-state index < -0.39 is 0 Å². The number of carbonyl (C=O) groups is 1. The molecule has 2 aliphatic heterocycles. The van der Waals surface area contributed by atoms with Crippen LogP contribution in [0.3, 0.4) is 0 Å². The van der Waals surface area contributed by atoms with Crippen LogP contribution in [-0.2, 0) is 4.79 Å². The largest absolute Gasteiger partial charge is 0.343 e. The Kier molecular flexibility index (Phi) is 12.1. The number of rotatable bonds is 3. The highest BCUT2D eigenvalue weighted by Crippen LogP contribution is 2.23. The third-order valence-corrected chi connectivity index (χ3v) is 6.54. The number of nitrogens with two attached hydrogens (primary N) is 1. The summed E-state index contributed by atoms with van der Waals surface area (Å²) in [5, 5.41) is 0. The first-order valence-electron chi connectivity index (χ1n) is 12.0. The van der Waals surface area contributed by atoms with Crippen molar-refractivity contribution in [1.29, 1.82) is 0 Å². The maximum atomic E-state index is 12.6. The van der Waals surface area contributed by atoms with Gasteiger partial charge in [-0.2, -0.15) is 0 Å². The van der Waals surface area contributed by atoms with Crippen LogP contribution in [0.25, 0.3) is 0 Å². The van der Waals surface area contributed by atoms with Crippen molar-refractivity contribution in [2.24, 2.45) is 5.73 Å². The first-order chi connectivity index (χ1) is 13.3. The molecule has 0 saturated carbocycles. The Morgan fingerprint density at radius 2 is 1.30 bits per heavy atom. The van der Waals surface area contributed by atoms with Gasteiger partial charge in [-0.05, 0) is 64.6 Å². The first kappa shape index (κ1) is 22.7. The lowest BCUT2D eigenvalue weighted by atomic mass is 9.96. The molecule has 27 heavy (non-hydrogen) atoms. The van der Waals surface area contributed by atoms with Crippen molar-refractivity contribution in [1.82, 2.24) is 9.80 Å². The van der Waals surface area contributed by atoms with Crippen LogP contribution in [0.4, 0.5) is 0 Å². The van der Waals surface area contributed by atoms with E-state index in [0.29, 0.717) is 12.5 Å². The topological polar surface area (TPSA) is 49.6 Å². The minimum Gasteiger partial charge on any atom is -0.343 e. The summed E-state index contributed by atoms with van der Waals surface area (Å²) < 4.78 is 0. The fourth-order valence-electron chi connectivity index (χ4n) is 4.82. The van der Waals surface area contributed by atoms with Gasteiger partial charge in [-0.15, -0.1) is 0 Å². The summed E-state index contributed by atoms with van der Waals surface area (Å²) in [5.41, 5.74) is 5.69. The minimum absolute atomic E-state index is 0.361. The van der Waals surface area contributed by atoms with E-state index in [0.717, 1.165) is 44.8 Å². The van der Waals surface area contributed by atoms with Gasteiger partial charge in [-0.25, -0.2) is 0 Å². The molecule has 2 rings (SSSR count). The van der Waals surface area contributed by atoms with Crippen molar-refractivity contribution in [2.75, 3.05) is 32.7 Å². The molecule has 0 aromatic carbocycles. The van der Waals surface area contributed by atoms with Crippen LogP contribution >= 0.6 is 0 Å². The van der Waals surface area contributed by atoms with E-state index in [2.05, 4.69) is 9.80 Å². The first-order valence-corrected chi connectivity index (χ1v) is 12.0. The Morgan fingerprint density at radius 1 is 0.741 bits per heavy atom. The van der Waals surface area contributed by atoms with Crippen molar-refractivity contribution in [3.05, 3.63) is 0 Å². The van der Waals surface area contributed by atoms with Gasteiger partial charge in [-0.3, -0.25) is 4.79 Å². The molecule has 4 heteroatoms. The molecule has 2 heterocycles. The second-order valence-corrected chi connectivity index (χ2v) is 8.78. The Bertz CT molecular complexity index is 388. The maximum Gasteiger partial charge on any atom is 0.222 e. The van der Waals surface area contributed by atoms with Gasteiger partial charge in [0.15, 0.2) is 0 Å². The zero-order valence-corrected chi connectivity index (χ0v) is 17.8. The lowest BCUT2D eigenvalue weighted by Crippen LogP contribution is -2.40. The molecule has 0 spiro atoms. The Balaban J connectivity index is 1.84. The van der Waals surface area contributed by atoms with E-state index >= 15 is 0 Å². The number of hydrogen-bond donors (Lipinski definition) is 1. The molecular weight excluding hydrogens is 334 g/mol. The molecular formula is C23H45N3O. The Hall–Kier alpha value is -0.610. The van der Waals surface area contributed by atoms with Gasteiger partial charge in [-0.1, -0.05) is 51.4 Å². The van der Waals surface area contributed by atoms with Crippen LogP contribution in [-0.4, -0.2) is 54.5 Å². The summed E-state index contributed by atoms with van der Waals surface area (Å²) in [7, 11) is 0. The van der Waals surface area contributed by atoms with Gasteiger partial charge in [0, 0.05) is 25.6 Å². The second-order valence-electron chi connectivity index (χ2n) is 8.78. The molecule has 1 atom stereocenters. The molecule has 158 valence electrons. The number of hydrogen-bond acceptors (Lipinski definition) is 3. The molecule has 2 saturated heterocycles. The standard InChI is InChI=1S/C23H45N3O/c24-17-13-21-26-20-12-11-19-25-18-10-9-15-22(25)14-7-5-3-1-2-4-6-8-16-23(26)27/h22H,1-21,24H2/t22-/m0/s1. The van der Waals surface area contributed by atoms with Crippen molar-refractivity contribution in [3.8, 4) is 0 Å². The number of carbonyl (C=O) groups excluding carboxylic acids is 1. The van der Waals surface area contributed by atoms with E-state index in [1.165, 1.54) is 90.1 Å². The monoisotopic (exact) mass is 379 g/mol. The summed E-state index contributed by atoms with van der Waals surface area (Å²) in [6.45, 7) is 4.97. The molecule has 0 aliphatic carbocycles. The molecule has 2 aliphatic rings. The number of amides is 1. The van der Waals surface area contributed by atoms with Gasteiger partial charge in [0.25, 0.3) is 0 Å². The Labute approximate surface area is 168 Å². The SMILES string of the molecule is NCCCN1CCCCN2CCCC[C@@H]2CCCCCCCCCCC1=O. The number of fused-ring (bicyclic) bond motifs is 1. The van der Waals surface area contributed by atoms with Gasteiger partial charge in [0.05, 0.1) is 0 Å². The van der Waals surface area contributed by atoms with Crippen molar-refractivity contribution < 1.29 is 4.79 Å². The predicted molar refractivity (Wildman–Crippen MR) is 115 cm³/mol. The molecule has 2 fully saturated rings. The highest BCUT2D eigenvalue weighted by atomic mass is 16.2. The third-order valence-electron chi connectivity index (χ3n) is 6.54. The molecule has 0 radical (unpaired) electrons. The lowest BCUT2D eigenvalue weighted by Gasteiger charge is -2.36. The van der Waals surface area contributed by atoms with Crippen molar-refractivity contribution in [3.63, 3.8) is 0 Å². The molecule has 0 unspecified atom stereocenters. The summed E-state index contributed by atoms with van der Waals surface area (Å²) in [6.07, 6.45) is 20.2. The van der Waals surface area contributed by atoms with Gasteiger partial charge in [0.1, 0.15) is 0 Å². The van der Waals surface area contributed by atoms with Gasteiger partial charge in [0.2, 0.25) is 5.91 Å². The van der Waals surface area contributed by atoms with Crippen LogP contribution in [0.15, 0.2) is 0 Å². The van der Waals surface area contributed by atoms with Crippen LogP contribution in [0.5, 0.6) is 0 Å². The summed E-state index contributed by atoms with van der Waals surface area (Å²) in [4.78, 5) is 17.5. The molecule has 4 nitrogen and oxygen atoms in total. The van der Waals surface area contributed by atoms with Crippen LogP contribution in [0.1, 0.15) is 103 Å². The number of nitrogens with zero attached hydrogens (tertiary/aromatic N) is 2. The van der Waals surface area contributed by atoms with E-state index in [9.17, 15) is 4.79 Å². The summed E-state index contributed by atoms with van der Waals surface area (Å²) in [6, 6.07) is 0.826. The van der Waals surface area contributed by atoms with Crippen LogP contribution in [0.2, 0.25) is 0 Å². The fraction of sp³-hybridized carbons (Fsp3) is 0.957. The average molecular weight is 380 g/mol. The van der Waals surface area contributed by atoms with E-state index in [1.54, 1.807) is 0 Å². The third kappa shape index (κ3) is 9.43. The molecule has 2 N–H and O–H groups in total. The predicted octanol–water partition coefficient (Wildman–Crippen LogP) is 4.71. The summed E-state index contributed by atoms with van der Waals surface area (Å²) >= 11 is 0. The van der Waals surface area contributed by atoms with E-state index in [-0.39, 0.29) is 0 Å². The van der Waals surface area contributed by atoms with E-state index in [1.807, 2.05) is 0 Å². The quantitative estimate of drug-likeness (QED) is 0.772. The lowest BCUT2D eigenvalue weighted by molar-refractivity contribution is -0.131. The average Bonchev–Trinajstić information content (AvgIpc) is 2.69. The summed E-state index contributed by atoms with van der Waals surface area (Å²) in [5.74, 6) is 0.361.